The molecule has 9 heteroatoms. The molecule has 0 heterocycles. The van der Waals surface area contributed by atoms with Crippen LogP contribution in [0.25, 0.3) is 0 Å². The Morgan fingerprint density at radius 1 is 1.00 bits per heavy atom. The summed E-state index contributed by atoms with van der Waals surface area (Å²) in [6.07, 6.45) is 2.74. The van der Waals surface area contributed by atoms with Crippen molar-refractivity contribution in [1.29, 1.82) is 0 Å². The summed E-state index contributed by atoms with van der Waals surface area (Å²) in [7, 11) is 0. The van der Waals surface area contributed by atoms with Crippen LogP contribution in [0.1, 0.15) is 73.6 Å². The number of carboxylic acid groups (broad SMARTS) is 1. The molecular weight excluding hydrogens is 402 g/mol. The van der Waals surface area contributed by atoms with E-state index in [1.165, 1.54) is 6.92 Å². The first-order chi connectivity index (χ1) is 14.3. The Morgan fingerprint density at radius 2 is 1.58 bits per heavy atom. The lowest BCUT2D eigenvalue weighted by Crippen LogP contribution is -2.49. The largest absolute Gasteiger partial charge is 0.480 e. The van der Waals surface area contributed by atoms with E-state index in [4.69, 9.17) is 9.84 Å². The Kier molecular flexibility index (Phi) is 10.3. The van der Waals surface area contributed by atoms with Crippen LogP contribution in [0.4, 0.5) is 4.79 Å². The Hall–Kier alpha value is -2.32. The minimum Gasteiger partial charge on any atom is -0.480 e. The molecule has 0 bridgehead atoms. The van der Waals surface area contributed by atoms with Gasteiger partial charge in [0.05, 0.1) is 0 Å². The number of alkyl carbamates (subject to hydrolysis) is 1. The van der Waals surface area contributed by atoms with E-state index in [2.05, 4.69) is 16.0 Å². The van der Waals surface area contributed by atoms with Crippen molar-refractivity contribution in [2.45, 2.75) is 91.3 Å². The number of hydrogen-bond donors (Lipinski definition) is 4. The highest BCUT2D eigenvalue weighted by Gasteiger charge is 2.29. The van der Waals surface area contributed by atoms with Crippen molar-refractivity contribution in [3.63, 3.8) is 0 Å². The summed E-state index contributed by atoms with van der Waals surface area (Å²) in [6, 6.07) is -1.57. The average Bonchev–Trinajstić information content (AvgIpc) is 2.63. The quantitative estimate of drug-likeness (QED) is 0.434. The van der Waals surface area contributed by atoms with Crippen molar-refractivity contribution in [1.82, 2.24) is 16.0 Å². The van der Waals surface area contributed by atoms with Gasteiger partial charge in [-0.25, -0.2) is 4.79 Å². The zero-order valence-corrected chi connectivity index (χ0v) is 19.6. The Bertz CT molecular complexity index is 636. The molecule has 0 aromatic rings. The number of rotatable bonds is 9. The van der Waals surface area contributed by atoms with E-state index in [1.54, 1.807) is 20.8 Å². The molecule has 2 atom stereocenters. The maximum absolute atomic E-state index is 12.7. The van der Waals surface area contributed by atoms with Crippen LogP contribution in [0, 0.1) is 17.8 Å². The highest BCUT2D eigenvalue weighted by molar-refractivity contribution is 5.86. The molecule has 1 fully saturated rings. The van der Waals surface area contributed by atoms with Crippen molar-refractivity contribution in [3.8, 4) is 0 Å². The van der Waals surface area contributed by atoms with E-state index in [-0.39, 0.29) is 29.6 Å². The van der Waals surface area contributed by atoms with Crippen LogP contribution < -0.4 is 16.0 Å². The van der Waals surface area contributed by atoms with Crippen molar-refractivity contribution in [2.75, 3.05) is 6.54 Å². The topological polar surface area (TPSA) is 134 Å². The van der Waals surface area contributed by atoms with Crippen LogP contribution in [0.2, 0.25) is 0 Å². The monoisotopic (exact) mass is 441 g/mol. The number of aliphatic carboxylic acids is 1. The Morgan fingerprint density at radius 3 is 2.06 bits per heavy atom. The summed E-state index contributed by atoms with van der Waals surface area (Å²) in [5.74, 6) is -1.26. The summed E-state index contributed by atoms with van der Waals surface area (Å²) in [6.45, 7) is 11.2. The predicted molar refractivity (Wildman–Crippen MR) is 116 cm³/mol. The molecule has 0 unspecified atom stereocenters. The van der Waals surface area contributed by atoms with Crippen LogP contribution in [-0.4, -0.2) is 53.2 Å². The van der Waals surface area contributed by atoms with Gasteiger partial charge in [-0.05, 0) is 71.6 Å². The van der Waals surface area contributed by atoms with Gasteiger partial charge in [0.2, 0.25) is 11.8 Å². The van der Waals surface area contributed by atoms with Gasteiger partial charge in [-0.1, -0.05) is 13.8 Å². The van der Waals surface area contributed by atoms with E-state index in [0.29, 0.717) is 25.8 Å². The van der Waals surface area contributed by atoms with Crippen LogP contribution in [0.15, 0.2) is 0 Å². The standard InChI is InChI=1S/C22H39N3O6/c1-13(2)11-17(25-21(30)31-22(4,5)6)19(27)23-12-15-7-9-16(10-8-15)18(26)24-14(3)20(28)29/h13-17H,7-12H2,1-6H3,(H,23,27)(H,24,26)(H,25,30)(H,28,29)/t14-,15?,16?,17+/m0/s1. The second kappa shape index (κ2) is 11.9. The highest BCUT2D eigenvalue weighted by Crippen LogP contribution is 2.28. The third kappa shape index (κ3) is 10.5. The lowest BCUT2D eigenvalue weighted by molar-refractivity contribution is -0.142. The van der Waals surface area contributed by atoms with Crippen LogP contribution in [0.3, 0.4) is 0 Å². The Labute approximate surface area is 185 Å². The van der Waals surface area contributed by atoms with Gasteiger partial charge < -0.3 is 25.8 Å². The molecule has 1 aliphatic carbocycles. The number of nitrogens with one attached hydrogen (secondary N) is 3. The lowest BCUT2D eigenvalue weighted by atomic mass is 9.81. The SMILES string of the molecule is CC(C)C[C@@H](NC(=O)OC(C)(C)C)C(=O)NCC1CCC(C(=O)N[C@@H](C)C(=O)O)CC1. The summed E-state index contributed by atoms with van der Waals surface area (Å²) >= 11 is 0. The van der Waals surface area contributed by atoms with Crippen LogP contribution in [-0.2, 0) is 19.1 Å². The molecule has 0 saturated heterocycles. The van der Waals surface area contributed by atoms with E-state index < -0.39 is 29.7 Å². The molecular formula is C22H39N3O6. The number of hydrogen-bond acceptors (Lipinski definition) is 5. The normalized spacial score (nSPS) is 21.0. The van der Waals surface area contributed by atoms with E-state index >= 15 is 0 Å². The molecule has 0 aromatic heterocycles. The molecule has 1 rings (SSSR count). The molecule has 1 saturated carbocycles. The molecule has 0 aromatic carbocycles. The summed E-state index contributed by atoms with van der Waals surface area (Å²) < 4.78 is 5.27. The molecule has 0 aliphatic heterocycles. The van der Waals surface area contributed by atoms with Gasteiger partial charge in [0.25, 0.3) is 0 Å². The number of ether oxygens (including phenoxy) is 1. The third-order valence-corrected chi connectivity index (χ3v) is 5.23. The van der Waals surface area contributed by atoms with Crippen molar-refractivity contribution < 1.29 is 29.0 Å². The van der Waals surface area contributed by atoms with Crippen LogP contribution >= 0.6 is 0 Å². The first kappa shape index (κ1) is 26.7. The number of carboxylic acids is 1. The smallest absolute Gasteiger partial charge is 0.408 e. The minimum absolute atomic E-state index is 0.198. The number of carbonyl (C=O) groups excluding carboxylic acids is 3. The average molecular weight is 442 g/mol. The maximum atomic E-state index is 12.7. The Balaban J connectivity index is 2.49. The van der Waals surface area contributed by atoms with Gasteiger partial charge in [0, 0.05) is 12.5 Å². The first-order valence-electron chi connectivity index (χ1n) is 11.1. The molecule has 31 heavy (non-hydrogen) atoms. The number of carbonyl (C=O) groups is 4. The second-order valence-electron chi connectivity index (χ2n) is 9.86. The minimum atomic E-state index is -1.05. The molecule has 0 spiro atoms. The van der Waals surface area contributed by atoms with Gasteiger partial charge in [0.15, 0.2) is 0 Å². The molecule has 0 radical (unpaired) electrons. The molecule has 9 nitrogen and oxygen atoms in total. The second-order valence-corrected chi connectivity index (χ2v) is 9.86. The van der Waals surface area contributed by atoms with Crippen molar-refractivity contribution in [2.24, 2.45) is 17.8 Å². The summed E-state index contributed by atoms with van der Waals surface area (Å²) in [4.78, 5) is 47.8. The third-order valence-electron chi connectivity index (χ3n) is 5.23. The molecule has 1 aliphatic rings. The van der Waals surface area contributed by atoms with Gasteiger partial charge in [-0.2, -0.15) is 0 Å². The predicted octanol–water partition coefficient (Wildman–Crippen LogP) is 2.44. The van der Waals surface area contributed by atoms with Gasteiger partial charge in [-0.15, -0.1) is 0 Å². The maximum Gasteiger partial charge on any atom is 0.408 e. The highest BCUT2D eigenvalue weighted by atomic mass is 16.6. The fourth-order valence-corrected chi connectivity index (χ4v) is 3.54. The lowest BCUT2D eigenvalue weighted by Gasteiger charge is -2.29. The molecule has 178 valence electrons. The summed E-state index contributed by atoms with van der Waals surface area (Å²) in [5, 5.41) is 17.0. The van der Waals surface area contributed by atoms with Crippen molar-refractivity contribution in [3.05, 3.63) is 0 Å². The van der Waals surface area contributed by atoms with Crippen LogP contribution in [0.5, 0.6) is 0 Å². The van der Waals surface area contributed by atoms with Crippen molar-refractivity contribution >= 4 is 23.9 Å². The van der Waals surface area contributed by atoms with Gasteiger partial charge >= 0.3 is 12.1 Å². The fraction of sp³-hybridized carbons (Fsp3) is 0.818. The van der Waals surface area contributed by atoms with E-state index in [0.717, 1.165) is 12.8 Å². The zero-order chi connectivity index (χ0) is 23.8. The zero-order valence-electron chi connectivity index (χ0n) is 19.6. The molecule has 3 amide bonds. The molecule has 4 N–H and O–H groups in total. The van der Waals surface area contributed by atoms with Gasteiger partial charge in [0.1, 0.15) is 17.7 Å². The van der Waals surface area contributed by atoms with Gasteiger partial charge in [-0.3, -0.25) is 14.4 Å². The number of amides is 3. The fourth-order valence-electron chi connectivity index (χ4n) is 3.54. The summed E-state index contributed by atoms with van der Waals surface area (Å²) in [5.41, 5.74) is -0.643. The van der Waals surface area contributed by atoms with E-state index in [1.807, 2.05) is 13.8 Å². The van der Waals surface area contributed by atoms with E-state index in [9.17, 15) is 19.2 Å². The first-order valence-corrected chi connectivity index (χ1v) is 11.1.